The third kappa shape index (κ3) is 4.66. The van der Waals surface area contributed by atoms with E-state index < -0.39 is 0 Å². The molecule has 5 heterocycles. The number of carbonyl (C=O) groups excluding carboxylic acids is 1. The third-order valence-electron chi connectivity index (χ3n) is 8.30. The fourth-order valence-electron chi connectivity index (χ4n) is 6.30. The van der Waals surface area contributed by atoms with E-state index in [9.17, 15) is 4.79 Å². The molecule has 0 aliphatic carbocycles. The molecule has 3 aromatic heterocycles. The first-order valence-corrected chi connectivity index (χ1v) is 14.0. The molecule has 8 nitrogen and oxygen atoms in total. The first-order chi connectivity index (χ1) is 20.1. The van der Waals surface area contributed by atoms with Crippen molar-refractivity contribution < 1.29 is 4.79 Å². The van der Waals surface area contributed by atoms with E-state index in [1.807, 2.05) is 47.4 Å². The minimum atomic E-state index is 0.0475. The summed E-state index contributed by atoms with van der Waals surface area (Å²) in [4.78, 5) is 30.8. The predicted molar refractivity (Wildman–Crippen MR) is 161 cm³/mol. The zero-order valence-corrected chi connectivity index (χ0v) is 22.7. The van der Waals surface area contributed by atoms with Gasteiger partial charge in [-0.2, -0.15) is 0 Å². The van der Waals surface area contributed by atoms with Gasteiger partial charge in [0.25, 0.3) is 0 Å². The molecule has 1 amide bonds. The fraction of sp³-hybridized carbons (Fsp3) is 0.212. The highest BCUT2D eigenvalue weighted by Crippen LogP contribution is 2.34. The molecule has 5 aromatic rings. The Hall–Kier alpha value is -4.82. The van der Waals surface area contributed by atoms with Crippen LogP contribution in [0.2, 0.25) is 0 Å². The Labute approximate surface area is 238 Å². The summed E-state index contributed by atoms with van der Waals surface area (Å²) in [5.41, 5.74) is 12.8. The number of fused-ring (bicyclic) bond motifs is 2. The highest BCUT2D eigenvalue weighted by molar-refractivity contribution is 5.87. The van der Waals surface area contributed by atoms with Gasteiger partial charge in [0.15, 0.2) is 11.5 Å². The maximum Gasteiger partial charge on any atom is 0.245 e. The summed E-state index contributed by atoms with van der Waals surface area (Å²) in [7, 11) is 0. The van der Waals surface area contributed by atoms with Crippen molar-refractivity contribution in [2.24, 2.45) is 11.8 Å². The maximum absolute atomic E-state index is 12.0. The molecule has 2 fully saturated rings. The summed E-state index contributed by atoms with van der Waals surface area (Å²) in [6.07, 6.45) is 3.11. The monoisotopic (exact) mass is 541 g/mol. The molecule has 0 saturated carbocycles. The van der Waals surface area contributed by atoms with Crippen molar-refractivity contribution in [3.8, 4) is 28.3 Å². The lowest BCUT2D eigenvalue weighted by atomic mass is 10.0. The molecule has 7 rings (SSSR count). The van der Waals surface area contributed by atoms with Crippen LogP contribution in [0.3, 0.4) is 0 Å². The lowest BCUT2D eigenvalue weighted by molar-refractivity contribution is -0.125. The van der Waals surface area contributed by atoms with Gasteiger partial charge in [0.2, 0.25) is 5.91 Å². The zero-order chi connectivity index (χ0) is 27.9. The summed E-state index contributed by atoms with van der Waals surface area (Å²) in [6, 6.07) is 26.6. The molecule has 2 N–H and O–H groups in total. The van der Waals surface area contributed by atoms with E-state index >= 15 is 0 Å². The van der Waals surface area contributed by atoms with Gasteiger partial charge < -0.3 is 10.6 Å². The first kappa shape index (κ1) is 25.2. The van der Waals surface area contributed by atoms with E-state index in [1.165, 1.54) is 11.6 Å². The molecule has 2 saturated heterocycles. The highest BCUT2D eigenvalue weighted by Gasteiger charge is 2.40. The Bertz CT molecular complexity index is 1730. The van der Waals surface area contributed by atoms with Crippen molar-refractivity contribution in [2.75, 3.05) is 31.9 Å². The lowest BCUT2D eigenvalue weighted by Gasteiger charge is -2.21. The van der Waals surface area contributed by atoms with E-state index in [0.29, 0.717) is 23.5 Å². The number of hydrogen-bond donors (Lipinski definition) is 1. The van der Waals surface area contributed by atoms with Crippen molar-refractivity contribution in [1.82, 2.24) is 29.3 Å². The second kappa shape index (κ2) is 10.3. The van der Waals surface area contributed by atoms with Crippen LogP contribution in [0.15, 0.2) is 97.7 Å². The Morgan fingerprint density at radius 1 is 0.902 bits per heavy atom. The van der Waals surface area contributed by atoms with Crippen LogP contribution in [0.5, 0.6) is 0 Å². The summed E-state index contributed by atoms with van der Waals surface area (Å²) < 4.78 is 2.07. The number of benzene rings is 2. The standard InChI is InChI=1S/C33H31N7O/c1-2-30(41)39-20-24-18-38(19-25(24)21-39)17-22-10-12-26(13-11-22)40-32(27-9-6-16-35-31(27)34)37-29-15-14-28(36-33(29)40)23-7-4-3-5-8-23/h2-16,24-25H,1,17-21H2,(H2,34,35)/t24-,25+. The van der Waals surface area contributed by atoms with Crippen LogP contribution in [0.4, 0.5) is 5.82 Å². The van der Waals surface area contributed by atoms with Crippen LogP contribution in [0.25, 0.3) is 39.5 Å². The van der Waals surface area contributed by atoms with Crippen molar-refractivity contribution in [1.29, 1.82) is 0 Å². The Balaban J connectivity index is 1.20. The van der Waals surface area contributed by atoms with Gasteiger partial charge in [-0.15, -0.1) is 0 Å². The lowest BCUT2D eigenvalue weighted by Crippen LogP contribution is -2.31. The smallest absolute Gasteiger partial charge is 0.245 e. The molecule has 2 aliphatic rings. The summed E-state index contributed by atoms with van der Waals surface area (Å²) >= 11 is 0. The van der Waals surface area contributed by atoms with E-state index in [0.717, 1.165) is 66.4 Å². The van der Waals surface area contributed by atoms with Gasteiger partial charge in [-0.3, -0.25) is 14.3 Å². The van der Waals surface area contributed by atoms with E-state index in [4.69, 9.17) is 15.7 Å². The number of nitrogens with zero attached hydrogens (tertiary/aromatic N) is 6. The van der Waals surface area contributed by atoms with Gasteiger partial charge >= 0.3 is 0 Å². The number of amides is 1. The fourth-order valence-corrected chi connectivity index (χ4v) is 6.30. The second-order valence-corrected chi connectivity index (χ2v) is 10.9. The molecule has 2 aromatic carbocycles. The topological polar surface area (TPSA) is 93.2 Å². The number of imidazole rings is 1. The Morgan fingerprint density at radius 2 is 1.66 bits per heavy atom. The van der Waals surface area contributed by atoms with E-state index in [1.54, 1.807) is 6.20 Å². The van der Waals surface area contributed by atoms with Crippen molar-refractivity contribution in [3.05, 3.63) is 103 Å². The van der Waals surface area contributed by atoms with Crippen LogP contribution in [0, 0.1) is 11.8 Å². The number of rotatable bonds is 6. The molecule has 204 valence electrons. The highest BCUT2D eigenvalue weighted by atomic mass is 16.2. The number of aromatic nitrogens is 4. The SMILES string of the molecule is C=CC(=O)N1C[C@H]2CN(Cc3ccc(-n4c(-c5cccnc5N)nc5ccc(-c6ccccc6)nc54)cc3)C[C@H]2C1. The predicted octanol–water partition coefficient (Wildman–Crippen LogP) is 4.81. The quantitative estimate of drug-likeness (QED) is 0.310. The molecule has 41 heavy (non-hydrogen) atoms. The normalized spacial score (nSPS) is 18.6. The van der Waals surface area contributed by atoms with Gasteiger partial charge in [0, 0.05) is 50.2 Å². The van der Waals surface area contributed by atoms with Crippen LogP contribution >= 0.6 is 0 Å². The van der Waals surface area contributed by atoms with Crippen LogP contribution in [0.1, 0.15) is 5.56 Å². The Kier molecular flexibility index (Phi) is 6.32. The number of nitrogen functional groups attached to an aromatic ring is 1. The van der Waals surface area contributed by atoms with Gasteiger partial charge in [0.1, 0.15) is 11.3 Å². The number of likely N-dealkylation sites (tertiary alicyclic amines) is 2. The van der Waals surface area contributed by atoms with Gasteiger partial charge in [-0.05, 0) is 59.9 Å². The second-order valence-electron chi connectivity index (χ2n) is 10.9. The summed E-state index contributed by atoms with van der Waals surface area (Å²) in [6.45, 7) is 8.20. The van der Waals surface area contributed by atoms with E-state index in [-0.39, 0.29) is 5.91 Å². The van der Waals surface area contributed by atoms with Gasteiger partial charge in [-0.1, -0.05) is 49.0 Å². The largest absolute Gasteiger partial charge is 0.383 e. The minimum Gasteiger partial charge on any atom is -0.383 e. The number of hydrogen-bond acceptors (Lipinski definition) is 6. The van der Waals surface area contributed by atoms with Crippen molar-refractivity contribution in [3.63, 3.8) is 0 Å². The molecule has 0 radical (unpaired) electrons. The van der Waals surface area contributed by atoms with Crippen LogP contribution in [-0.2, 0) is 11.3 Å². The molecule has 8 heteroatoms. The molecular formula is C33H31N7O. The average molecular weight is 542 g/mol. The molecule has 2 aliphatic heterocycles. The zero-order valence-electron chi connectivity index (χ0n) is 22.7. The first-order valence-electron chi connectivity index (χ1n) is 14.0. The summed E-state index contributed by atoms with van der Waals surface area (Å²) in [5.74, 6) is 2.26. The number of carbonyl (C=O) groups is 1. The Morgan fingerprint density at radius 3 is 2.37 bits per heavy atom. The number of anilines is 1. The minimum absolute atomic E-state index is 0.0475. The average Bonchev–Trinajstić information content (AvgIpc) is 3.69. The van der Waals surface area contributed by atoms with Crippen LogP contribution in [-0.4, -0.2) is 61.4 Å². The molecule has 0 unspecified atom stereocenters. The van der Waals surface area contributed by atoms with Crippen LogP contribution < -0.4 is 5.73 Å². The maximum atomic E-state index is 12.0. The molecular weight excluding hydrogens is 510 g/mol. The van der Waals surface area contributed by atoms with E-state index in [2.05, 4.69) is 57.4 Å². The molecule has 0 bridgehead atoms. The molecule has 2 atom stereocenters. The van der Waals surface area contributed by atoms with Gasteiger partial charge in [-0.25, -0.2) is 15.0 Å². The number of pyridine rings is 2. The molecule has 0 spiro atoms. The third-order valence-corrected chi connectivity index (χ3v) is 8.30. The van der Waals surface area contributed by atoms with Crippen molar-refractivity contribution >= 4 is 22.9 Å². The number of nitrogens with two attached hydrogens (primary N) is 1. The van der Waals surface area contributed by atoms with Gasteiger partial charge in [0.05, 0.1) is 11.3 Å². The summed E-state index contributed by atoms with van der Waals surface area (Å²) in [5, 5.41) is 0. The van der Waals surface area contributed by atoms with Crippen molar-refractivity contribution in [2.45, 2.75) is 6.54 Å².